The molecule has 8 rings (SSSR count). The highest BCUT2D eigenvalue weighted by atomic mass is 35.5. The fraction of sp³-hybridized carbons (Fsp3) is 0.213. The Balaban J connectivity index is 0.978. The van der Waals surface area contributed by atoms with Crippen LogP contribution >= 0.6 is 23.2 Å². The van der Waals surface area contributed by atoms with Crippen LogP contribution < -0.4 is 24.8 Å². The van der Waals surface area contributed by atoms with Crippen LogP contribution in [0, 0.1) is 13.8 Å². The van der Waals surface area contributed by atoms with Crippen LogP contribution in [0.25, 0.3) is 11.1 Å². The van der Waals surface area contributed by atoms with Crippen molar-refractivity contribution in [3.05, 3.63) is 165 Å². The number of hydrogen-bond donors (Lipinski definition) is 3. The number of benzene rings is 4. The summed E-state index contributed by atoms with van der Waals surface area (Å²) in [5.74, 6) is -0.122. The van der Waals surface area contributed by atoms with E-state index in [4.69, 9.17) is 37.4 Å². The summed E-state index contributed by atoms with van der Waals surface area (Å²) in [4.78, 5) is 50.5. The summed E-state index contributed by atoms with van der Waals surface area (Å²) in [6.07, 6.45) is 4.58. The van der Waals surface area contributed by atoms with Gasteiger partial charge in [-0.25, -0.2) is 9.59 Å². The maximum absolute atomic E-state index is 14.2. The van der Waals surface area contributed by atoms with Gasteiger partial charge < -0.3 is 34.9 Å². The van der Waals surface area contributed by atoms with Crippen molar-refractivity contribution in [3.63, 3.8) is 0 Å². The van der Waals surface area contributed by atoms with Crippen molar-refractivity contribution in [2.24, 2.45) is 0 Å². The molecule has 3 atom stereocenters. The summed E-state index contributed by atoms with van der Waals surface area (Å²) < 4.78 is 18.6. The quantitative estimate of drug-likeness (QED) is 0.116. The number of urea groups is 1. The zero-order valence-electron chi connectivity index (χ0n) is 33.2. The number of aryl methyl sites for hydroxylation is 1. The van der Waals surface area contributed by atoms with Crippen molar-refractivity contribution < 1.29 is 33.7 Å². The number of aliphatic carboxylic acids is 1. The van der Waals surface area contributed by atoms with E-state index in [1.165, 1.54) is 11.1 Å². The number of hydrogen-bond acceptors (Lipinski definition) is 8. The molecule has 14 heteroatoms. The van der Waals surface area contributed by atoms with Crippen LogP contribution in [-0.2, 0) is 35.6 Å². The van der Waals surface area contributed by atoms with Crippen LogP contribution in [0.4, 0.5) is 10.5 Å². The Bertz CT molecular complexity index is 2590. The van der Waals surface area contributed by atoms with Crippen LogP contribution in [0.5, 0.6) is 17.2 Å². The van der Waals surface area contributed by atoms with Gasteiger partial charge in [-0.15, -0.1) is 0 Å². The number of pyridine rings is 2. The van der Waals surface area contributed by atoms with Crippen molar-refractivity contribution in [2.75, 3.05) is 11.9 Å². The molecule has 12 nitrogen and oxygen atoms in total. The summed E-state index contributed by atoms with van der Waals surface area (Å²) in [5.41, 5.74) is 8.48. The van der Waals surface area contributed by atoms with Gasteiger partial charge in [-0.05, 0) is 113 Å². The highest BCUT2D eigenvalue weighted by Gasteiger charge is 2.38. The molecule has 4 heterocycles. The van der Waals surface area contributed by atoms with Crippen molar-refractivity contribution in [3.8, 4) is 28.4 Å². The first-order valence-corrected chi connectivity index (χ1v) is 20.4. The summed E-state index contributed by atoms with van der Waals surface area (Å²) in [7, 11) is 0. The molecule has 0 radical (unpaired) electrons. The molecule has 2 aliphatic heterocycles. The zero-order chi connectivity index (χ0) is 42.6. The van der Waals surface area contributed by atoms with Crippen LogP contribution in [-0.4, -0.2) is 56.6 Å². The average Bonchev–Trinajstić information content (AvgIpc) is 3.27. The monoisotopic (exact) mass is 857 g/mol. The Morgan fingerprint density at radius 2 is 1.67 bits per heavy atom. The number of carboxylic acid groups (broad SMARTS) is 1. The number of anilines is 1. The van der Waals surface area contributed by atoms with Crippen molar-refractivity contribution >= 4 is 46.8 Å². The number of nitrogens with one attached hydrogen (secondary N) is 2. The van der Waals surface area contributed by atoms with Gasteiger partial charge in [0.1, 0.15) is 31.0 Å². The van der Waals surface area contributed by atoms with Gasteiger partial charge in [0.05, 0.1) is 21.9 Å². The second-order valence-electron chi connectivity index (χ2n) is 15.0. The van der Waals surface area contributed by atoms with Crippen LogP contribution in [0.1, 0.15) is 45.2 Å². The first-order chi connectivity index (χ1) is 29.5. The third-order valence-corrected chi connectivity index (χ3v) is 11.7. The van der Waals surface area contributed by atoms with Gasteiger partial charge in [0.2, 0.25) is 5.91 Å². The number of carbonyl (C=O) groups is 3. The normalized spacial score (nSPS) is 15.9. The Labute approximate surface area is 362 Å². The lowest BCUT2D eigenvalue weighted by molar-refractivity contribution is -0.142. The SMILES string of the molecule is Cc1nccc(-c2ccc(CC(NC(=O)[C@@H]3Cc4cc5c(cc4CN3C(=O)Nc3cccnc3)O[C@@H](c3ccc(OCc4ccc(Cl)c(Cl)c4)cc3)CO5)C(=O)O)cc2)c1C. The maximum atomic E-state index is 14.2. The van der Waals surface area contributed by atoms with E-state index in [1.807, 2.05) is 86.6 Å². The molecule has 4 aromatic carbocycles. The van der Waals surface area contributed by atoms with Gasteiger partial charge in [0, 0.05) is 37.5 Å². The molecule has 310 valence electrons. The fourth-order valence-corrected chi connectivity index (χ4v) is 7.77. The van der Waals surface area contributed by atoms with E-state index in [0.717, 1.165) is 50.2 Å². The van der Waals surface area contributed by atoms with Gasteiger partial charge >= 0.3 is 12.0 Å². The van der Waals surface area contributed by atoms with Gasteiger partial charge in [0.25, 0.3) is 0 Å². The molecule has 6 aromatic rings. The van der Waals surface area contributed by atoms with Crippen molar-refractivity contribution in [2.45, 2.75) is 58.0 Å². The lowest BCUT2D eigenvalue weighted by Crippen LogP contribution is -2.56. The Morgan fingerprint density at radius 1 is 0.902 bits per heavy atom. The molecule has 0 fully saturated rings. The van der Waals surface area contributed by atoms with Crippen LogP contribution in [0.15, 0.2) is 116 Å². The minimum absolute atomic E-state index is 0.0369. The minimum atomic E-state index is -1.26. The van der Waals surface area contributed by atoms with Crippen LogP contribution in [0.2, 0.25) is 10.0 Å². The van der Waals surface area contributed by atoms with E-state index < -0.39 is 36.1 Å². The molecule has 0 aliphatic carbocycles. The zero-order valence-corrected chi connectivity index (χ0v) is 34.7. The van der Waals surface area contributed by atoms with Gasteiger partial charge in [-0.2, -0.15) is 0 Å². The Kier molecular flexibility index (Phi) is 12.1. The number of aromatic nitrogens is 2. The Morgan fingerprint density at radius 3 is 2.41 bits per heavy atom. The number of nitrogens with zero attached hydrogens (tertiary/aromatic N) is 3. The topological polar surface area (TPSA) is 152 Å². The van der Waals surface area contributed by atoms with Gasteiger partial charge in [-0.3, -0.25) is 14.8 Å². The molecule has 2 aliphatic rings. The molecule has 1 unspecified atom stereocenters. The summed E-state index contributed by atoms with van der Waals surface area (Å²) in [6.45, 7) is 4.56. The number of ether oxygens (including phenoxy) is 3. The average molecular weight is 859 g/mol. The predicted molar refractivity (Wildman–Crippen MR) is 231 cm³/mol. The molecule has 0 spiro atoms. The summed E-state index contributed by atoms with van der Waals surface area (Å²) in [5, 5.41) is 16.8. The molecule has 2 aromatic heterocycles. The maximum Gasteiger partial charge on any atom is 0.326 e. The molecular formula is C47H41Cl2N5O7. The number of rotatable bonds is 11. The minimum Gasteiger partial charge on any atom is -0.489 e. The highest BCUT2D eigenvalue weighted by Crippen LogP contribution is 2.41. The molecule has 0 bridgehead atoms. The van der Waals surface area contributed by atoms with Crippen molar-refractivity contribution in [1.82, 2.24) is 20.2 Å². The number of carbonyl (C=O) groups excluding carboxylic acids is 2. The van der Waals surface area contributed by atoms with Gasteiger partial charge in [-0.1, -0.05) is 65.7 Å². The molecule has 0 saturated heterocycles. The standard InChI is InChI=1S/C47H41Cl2N5O7/c1-27-28(2)51-17-15-37(27)31-8-5-29(6-9-31)19-40(46(56)57)53-45(55)41-20-33-21-42-43(22-34(33)24-54(41)47(58)52-35-4-3-16-50-23-35)61-44(26-60-42)32-10-12-36(13-11-32)59-25-30-7-14-38(48)39(49)18-30/h3-18,21-23,40-41,44H,19-20,24-26H2,1-2H3,(H,52,58)(H,53,55)(H,56,57)/t40?,41-,44+/m0/s1. The Hall–Kier alpha value is -6.63. The van der Waals surface area contributed by atoms with E-state index in [0.29, 0.717) is 39.6 Å². The fourth-order valence-electron chi connectivity index (χ4n) is 7.45. The predicted octanol–water partition coefficient (Wildman–Crippen LogP) is 8.93. The second kappa shape index (κ2) is 17.9. The van der Waals surface area contributed by atoms with E-state index >= 15 is 0 Å². The number of fused-ring (bicyclic) bond motifs is 2. The number of halogens is 2. The highest BCUT2D eigenvalue weighted by molar-refractivity contribution is 6.42. The molecular weight excluding hydrogens is 817 g/mol. The third-order valence-electron chi connectivity index (χ3n) is 10.9. The van der Waals surface area contributed by atoms with E-state index in [9.17, 15) is 19.5 Å². The molecule has 0 saturated carbocycles. The number of amides is 3. The first-order valence-electron chi connectivity index (χ1n) is 19.6. The largest absolute Gasteiger partial charge is 0.489 e. The first kappa shape index (κ1) is 41.1. The third kappa shape index (κ3) is 9.41. The lowest BCUT2D eigenvalue weighted by atomic mass is 9.92. The molecule has 3 N–H and O–H groups in total. The van der Waals surface area contributed by atoms with Crippen LogP contribution in [0.3, 0.4) is 0 Å². The summed E-state index contributed by atoms with van der Waals surface area (Å²) >= 11 is 12.2. The van der Waals surface area contributed by atoms with E-state index in [-0.39, 0.29) is 26.0 Å². The van der Waals surface area contributed by atoms with E-state index in [1.54, 1.807) is 36.7 Å². The summed E-state index contributed by atoms with van der Waals surface area (Å²) in [6, 6.07) is 26.6. The molecule has 61 heavy (non-hydrogen) atoms. The number of carboxylic acids is 1. The second-order valence-corrected chi connectivity index (χ2v) is 15.8. The smallest absolute Gasteiger partial charge is 0.326 e. The molecule has 3 amide bonds. The van der Waals surface area contributed by atoms with Crippen molar-refractivity contribution in [1.29, 1.82) is 0 Å². The van der Waals surface area contributed by atoms with Gasteiger partial charge in [0.15, 0.2) is 17.6 Å². The lowest BCUT2D eigenvalue weighted by Gasteiger charge is -2.37. The van der Waals surface area contributed by atoms with E-state index in [2.05, 4.69) is 20.6 Å².